The number of hydrogen-bond acceptors (Lipinski definition) is 4. The molecule has 0 radical (unpaired) electrons. The van der Waals surface area contributed by atoms with Crippen molar-refractivity contribution in [1.82, 2.24) is 0 Å². The monoisotopic (exact) mass is 403 g/mol. The van der Waals surface area contributed by atoms with Gasteiger partial charge >= 0.3 is 0 Å². The first kappa shape index (κ1) is 20.1. The van der Waals surface area contributed by atoms with Crippen LogP contribution in [0, 0.1) is 0 Å². The number of methoxy groups -OCH3 is 1. The predicted molar refractivity (Wildman–Crippen MR) is 115 cm³/mol. The molecule has 3 aromatic carbocycles. The fourth-order valence-corrected chi connectivity index (χ4v) is 4.14. The molecule has 1 amide bonds. The van der Waals surface area contributed by atoms with E-state index in [1.54, 1.807) is 35.2 Å². The summed E-state index contributed by atoms with van der Waals surface area (Å²) in [5.41, 5.74) is 1.08. The van der Waals surface area contributed by atoms with E-state index in [0.29, 0.717) is 35.5 Å². The van der Waals surface area contributed by atoms with Crippen LogP contribution in [0.3, 0.4) is 0 Å². The Balaban J connectivity index is 1.62. The molecule has 5 heteroatoms. The van der Waals surface area contributed by atoms with E-state index in [1.165, 1.54) is 7.11 Å². The standard InChI is InChI=1S/C25H25NO4/c1-30-23-14-8-5-11-19(23)22(27)17-25(29)20-12-6-7-13-21(20)26(24(25)28)16-15-18-9-3-2-4-10-18/h2-14,22,27,29H,15-17H2,1H3. The summed E-state index contributed by atoms with van der Waals surface area (Å²) in [6, 6.07) is 24.3. The topological polar surface area (TPSA) is 70.0 Å². The zero-order valence-corrected chi connectivity index (χ0v) is 16.9. The number of nitrogens with zero attached hydrogens (tertiary/aromatic N) is 1. The van der Waals surface area contributed by atoms with Crippen molar-refractivity contribution in [1.29, 1.82) is 0 Å². The maximum Gasteiger partial charge on any atom is 0.263 e. The number of rotatable bonds is 7. The van der Waals surface area contributed by atoms with Crippen molar-refractivity contribution >= 4 is 11.6 Å². The molecule has 4 rings (SSSR count). The van der Waals surface area contributed by atoms with Gasteiger partial charge in [0.15, 0.2) is 5.60 Å². The molecule has 1 aliphatic heterocycles. The fourth-order valence-electron chi connectivity index (χ4n) is 4.14. The van der Waals surface area contributed by atoms with Gasteiger partial charge in [0, 0.05) is 24.1 Å². The zero-order chi connectivity index (χ0) is 21.1. The molecule has 2 atom stereocenters. The third kappa shape index (κ3) is 3.58. The molecule has 30 heavy (non-hydrogen) atoms. The van der Waals surface area contributed by atoms with Crippen molar-refractivity contribution in [2.24, 2.45) is 0 Å². The second kappa shape index (κ2) is 8.30. The lowest BCUT2D eigenvalue weighted by molar-refractivity contribution is -0.139. The van der Waals surface area contributed by atoms with Crippen LogP contribution in [0.15, 0.2) is 78.9 Å². The Morgan fingerprint density at radius 2 is 1.63 bits per heavy atom. The lowest BCUT2D eigenvalue weighted by Gasteiger charge is -2.26. The molecule has 5 nitrogen and oxygen atoms in total. The van der Waals surface area contributed by atoms with Crippen molar-refractivity contribution in [2.45, 2.75) is 24.5 Å². The lowest BCUT2D eigenvalue weighted by Crippen LogP contribution is -2.42. The third-order valence-corrected chi connectivity index (χ3v) is 5.69. The van der Waals surface area contributed by atoms with Crippen molar-refractivity contribution in [3.05, 3.63) is 95.6 Å². The smallest absolute Gasteiger partial charge is 0.263 e. The van der Waals surface area contributed by atoms with Crippen molar-refractivity contribution in [3.8, 4) is 5.75 Å². The predicted octanol–water partition coefficient (Wildman–Crippen LogP) is 3.60. The summed E-state index contributed by atoms with van der Waals surface area (Å²) in [6.45, 7) is 0.451. The Bertz CT molecular complexity index is 1040. The van der Waals surface area contributed by atoms with Crippen molar-refractivity contribution in [3.63, 3.8) is 0 Å². The van der Waals surface area contributed by atoms with Crippen LogP contribution < -0.4 is 9.64 Å². The van der Waals surface area contributed by atoms with E-state index < -0.39 is 17.6 Å². The van der Waals surface area contributed by atoms with Gasteiger partial charge in [-0.1, -0.05) is 66.7 Å². The van der Waals surface area contributed by atoms with Crippen molar-refractivity contribution in [2.75, 3.05) is 18.6 Å². The maximum absolute atomic E-state index is 13.4. The fraction of sp³-hybridized carbons (Fsp3) is 0.240. The Morgan fingerprint density at radius 1 is 0.967 bits per heavy atom. The average Bonchev–Trinajstić information content (AvgIpc) is 2.99. The summed E-state index contributed by atoms with van der Waals surface area (Å²) in [5, 5.41) is 22.4. The van der Waals surface area contributed by atoms with Gasteiger partial charge in [-0.3, -0.25) is 4.79 Å². The molecular weight excluding hydrogens is 378 g/mol. The first-order valence-corrected chi connectivity index (χ1v) is 10.0. The number of anilines is 1. The van der Waals surface area contributed by atoms with Gasteiger partial charge in [0.1, 0.15) is 5.75 Å². The minimum Gasteiger partial charge on any atom is -0.496 e. The highest BCUT2D eigenvalue weighted by molar-refractivity contribution is 6.06. The second-order valence-corrected chi connectivity index (χ2v) is 7.53. The minimum atomic E-state index is -1.80. The van der Waals surface area contributed by atoms with Crippen LogP contribution in [-0.4, -0.2) is 29.8 Å². The van der Waals surface area contributed by atoms with E-state index in [0.717, 1.165) is 5.56 Å². The van der Waals surface area contributed by atoms with Crippen LogP contribution in [0.4, 0.5) is 5.69 Å². The lowest BCUT2D eigenvalue weighted by atomic mass is 9.87. The number of fused-ring (bicyclic) bond motifs is 1. The summed E-state index contributed by atoms with van der Waals surface area (Å²) >= 11 is 0. The highest BCUT2D eigenvalue weighted by Crippen LogP contribution is 2.45. The van der Waals surface area contributed by atoms with Crippen LogP contribution in [0.2, 0.25) is 0 Å². The van der Waals surface area contributed by atoms with E-state index in [4.69, 9.17) is 4.74 Å². The van der Waals surface area contributed by atoms with Gasteiger partial charge in [0.25, 0.3) is 5.91 Å². The van der Waals surface area contributed by atoms with Crippen LogP contribution in [0.25, 0.3) is 0 Å². The van der Waals surface area contributed by atoms with Gasteiger partial charge in [-0.25, -0.2) is 0 Å². The van der Waals surface area contributed by atoms with Crippen LogP contribution in [0.5, 0.6) is 5.75 Å². The molecule has 3 aromatic rings. The molecule has 154 valence electrons. The van der Waals surface area contributed by atoms with E-state index in [1.807, 2.05) is 48.5 Å². The van der Waals surface area contributed by atoms with E-state index in [-0.39, 0.29) is 6.42 Å². The largest absolute Gasteiger partial charge is 0.496 e. The second-order valence-electron chi connectivity index (χ2n) is 7.53. The summed E-state index contributed by atoms with van der Waals surface area (Å²) in [7, 11) is 1.53. The Kier molecular flexibility index (Phi) is 5.57. The van der Waals surface area contributed by atoms with Crippen LogP contribution >= 0.6 is 0 Å². The average molecular weight is 403 g/mol. The number of hydrogen-bond donors (Lipinski definition) is 2. The number of aliphatic hydroxyl groups excluding tert-OH is 1. The summed E-state index contributed by atoms with van der Waals surface area (Å²) in [6.07, 6.45) is -0.533. The van der Waals surface area contributed by atoms with Gasteiger partial charge in [0.2, 0.25) is 0 Å². The van der Waals surface area contributed by atoms with E-state index in [9.17, 15) is 15.0 Å². The maximum atomic E-state index is 13.4. The van der Waals surface area contributed by atoms with Gasteiger partial charge in [-0.2, -0.15) is 0 Å². The Morgan fingerprint density at radius 3 is 2.40 bits per heavy atom. The number of carbonyl (C=O) groups is 1. The van der Waals surface area contributed by atoms with E-state index in [2.05, 4.69) is 0 Å². The SMILES string of the molecule is COc1ccccc1C(O)CC1(O)C(=O)N(CCc2ccccc2)c2ccccc21. The molecular formula is C25H25NO4. The highest BCUT2D eigenvalue weighted by Gasteiger charge is 2.50. The Labute approximate surface area is 176 Å². The van der Waals surface area contributed by atoms with Crippen molar-refractivity contribution < 1.29 is 19.7 Å². The quantitative estimate of drug-likeness (QED) is 0.633. The normalized spacial score (nSPS) is 18.9. The van der Waals surface area contributed by atoms with Crippen LogP contribution in [-0.2, 0) is 16.8 Å². The van der Waals surface area contributed by atoms with Crippen LogP contribution in [0.1, 0.15) is 29.2 Å². The molecule has 0 saturated heterocycles. The molecule has 1 heterocycles. The number of carbonyl (C=O) groups excluding carboxylic acids is 1. The number of para-hydroxylation sites is 2. The Hall–Kier alpha value is -3.15. The zero-order valence-electron chi connectivity index (χ0n) is 16.9. The summed E-state index contributed by atoms with van der Waals surface area (Å²) < 4.78 is 5.33. The van der Waals surface area contributed by atoms with Gasteiger partial charge in [-0.05, 0) is 24.1 Å². The number of aliphatic hydroxyl groups is 2. The number of ether oxygens (including phenoxy) is 1. The molecule has 0 bridgehead atoms. The first-order valence-electron chi connectivity index (χ1n) is 10.0. The van der Waals surface area contributed by atoms with Gasteiger partial charge < -0.3 is 19.8 Å². The first-order chi connectivity index (χ1) is 14.5. The molecule has 0 fully saturated rings. The number of benzene rings is 3. The summed E-state index contributed by atoms with van der Waals surface area (Å²) in [4.78, 5) is 15.0. The van der Waals surface area contributed by atoms with Gasteiger partial charge in [0.05, 0.1) is 18.9 Å². The molecule has 2 unspecified atom stereocenters. The number of amides is 1. The molecule has 0 spiro atoms. The van der Waals surface area contributed by atoms with E-state index >= 15 is 0 Å². The third-order valence-electron chi connectivity index (χ3n) is 5.69. The highest BCUT2D eigenvalue weighted by atomic mass is 16.5. The minimum absolute atomic E-state index is 0.148. The molecule has 2 N–H and O–H groups in total. The molecule has 0 aliphatic carbocycles. The summed E-state index contributed by atoms with van der Waals surface area (Å²) in [5.74, 6) is 0.113. The molecule has 1 aliphatic rings. The molecule has 0 saturated carbocycles. The van der Waals surface area contributed by atoms with Gasteiger partial charge in [-0.15, -0.1) is 0 Å². The molecule has 0 aromatic heterocycles.